The van der Waals surface area contributed by atoms with E-state index < -0.39 is 14.1 Å². The number of ether oxygens (including phenoxy) is 2. The van der Waals surface area contributed by atoms with Gasteiger partial charge in [0.1, 0.15) is 11.6 Å². The fraction of sp³-hybridized carbons (Fsp3) is 0.444. The number of hydrogen-bond donors (Lipinski definition) is 2. The number of anilines is 2. The maximum absolute atomic E-state index is 10.1. The first-order chi connectivity index (χ1) is 24.3. The number of benzene rings is 2. The predicted octanol–water partition coefficient (Wildman–Crippen LogP) is 3.60. The van der Waals surface area contributed by atoms with Gasteiger partial charge in [0.25, 0.3) is 0 Å². The number of morpholine rings is 2. The largest absolute Gasteiger partial charge is 0.437 e. The number of aromatic nitrogens is 4. The van der Waals surface area contributed by atoms with E-state index in [2.05, 4.69) is 82.0 Å². The molecule has 0 aliphatic carbocycles. The summed E-state index contributed by atoms with van der Waals surface area (Å²) in [5.41, 5.74) is 8.14. The van der Waals surface area contributed by atoms with E-state index in [1.165, 1.54) is 0 Å². The minimum absolute atomic E-state index is 0.0247. The molecule has 0 bridgehead atoms. The Labute approximate surface area is 294 Å². The first-order valence-corrected chi connectivity index (χ1v) is 17.7. The van der Waals surface area contributed by atoms with Crippen LogP contribution in [0.5, 0.6) is 0 Å². The Morgan fingerprint density at radius 1 is 0.640 bits per heavy atom. The lowest BCUT2D eigenvalue weighted by Gasteiger charge is -2.29. The molecule has 260 valence electrons. The quantitative estimate of drug-likeness (QED) is 0.229. The third-order valence-electron chi connectivity index (χ3n) is 9.87. The van der Waals surface area contributed by atoms with Crippen molar-refractivity contribution in [1.82, 2.24) is 29.6 Å². The van der Waals surface area contributed by atoms with Gasteiger partial charge < -0.3 is 38.9 Å². The average molecular weight is 676 g/mol. The van der Waals surface area contributed by atoms with Crippen LogP contribution >= 0.6 is 0 Å². The Balaban J connectivity index is 0.000000157. The van der Waals surface area contributed by atoms with Gasteiger partial charge in [-0.15, -0.1) is 0 Å². The lowest BCUT2D eigenvalue weighted by atomic mass is 9.82. The first kappa shape index (κ1) is 34.5. The zero-order chi connectivity index (χ0) is 34.8. The molecule has 0 radical (unpaired) electrons. The van der Waals surface area contributed by atoms with Crippen molar-refractivity contribution in [2.75, 3.05) is 75.5 Å². The van der Waals surface area contributed by atoms with Gasteiger partial charge in [0.05, 0.1) is 60.9 Å². The Kier molecular flexibility index (Phi) is 10.5. The molecule has 2 fully saturated rings. The molecule has 2 N–H and O–H groups in total. The van der Waals surface area contributed by atoms with Crippen molar-refractivity contribution >= 4 is 47.8 Å². The van der Waals surface area contributed by atoms with Gasteiger partial charge in [-0.2, -0.15) is 0 Å². The fourth-order valence-electron chi connectivity index (χ4n) is 7.31. The molecule has 50 heavy (non-hydrogen) atoms. The molecule has 4 aliphatic rings. The van der Waals surface area contributed by atoms with Crippen molar-refractivity contribution in [3.05, 3.63) is 83.2 Å². The van der Waals surface area contributed by atoms with Gasteiger partial charge in [0.15, 0.2) is 0 Å². The smallest absolute Gasteiger partial charge is 0.377 e. The van der Waals surface area contributed by atoms with E-state index >= 15 is 0 Å². The van der Waals surface area contributed by atoms with Crippen molar-refractivity contribution < 1.29 is 19.5 Å². The van der Waals surface area contributed by atoms with E-state index in [-0.39, 0.29) is 12.1 Å². The van der Waals surface area contributed by atoms with Crippen LogP contribution in [0.15, 0.2) is 61.0 Å². The van der Waals surface area contributed by atoms with Gasteiger partial charge >= 0.3 is 14.1 Å². The minimum atomic E-state index is -0.508. The number of rotatable bonds is 6. The molecule has 0 saturated carbocycles. The Morgan fingerprint density at radius 3 is 1.66 bits per heavy atom. The molecule has 4 aromatic rings. The van der Waals surface area contributed by atoms with Crippen LogP contribution in [0, 0.1) is 13.8 Å². The molecule has 4 aliphatic heterocycles. The SMILES string of the molecule is CB(O)N1CC=CC1c1cc(C)cc2nc(N3CCOCC3)cnc12.CB(O)N1CC=CC1c1cc(C)cc2ncc(N3CCOCC3)nc12. The number of fused-ring (bicyclic) bond motifs is 2. The Morgan fingerprint density at radius 2 is 1.12 bits per heavy atom. The van der Waals surface area contributed by atoms with Crippen LogP contribution in [0.1, 0.15) is 34.3 Å². The van der Waals surface area contributed by atoms with Crippen molar-refractivity contribution in [2.24, 2.45) is 0 Å². The van der Waals surface area contributed by atoms with E-state index in [9.17, 15) is 10.0 Å². The summed E-state index contributed by atoms with van der Waals surface area (Å²) in [6, 6.07) is 8.53. The molecule has 2 aromatic carbocycles. The van der Waals surface area contributed by atoms with E-state index in [4.69, 9.17) is 24.4 Å². The van der Waals surface area contributed by atoms with Crippen molar-refractivity contribution in [2.45, 2.75) is 39.6 Å². The Hall–Kier alpha value is -3.91. The molecular formula is C36H46B2N8O4. The van der Waals surface area contributed by atoms with Crippen LogP contribution in [0.4, 0.5) is 11.6 Å². The topological polar surface area (TPSA) is 123 Å². The summed E-state index contributed by atoms with van der Waals surface area (Å²) in [5, 5.41) is 20.2. The second-order valence-electron chi connectivity index (χ2n) is 13.5. The highest BCUT2D eigenvalue weighted by molar-refractivity contribution is 6.45. The molecule has 14 heteroatoms. The number of aryl methyl sites for hydroxylation is 2. The van der Waals surface area contributed by atoms with Crippen LogP contribution in [0.25, 0.3) is 22.1 Å². The molecule has 2 aromatic heterocycles. The average Bonchev–Trinajstić information content (AvgIpc) is 3.83. The lowest BCUT2D eigenvalue weighted by molar-refractivity contribution is 0.122. The Bertz CT molecular complexity index is 1880. The highest BCUT2D eigenvalue weighted by Gasteiger charge is 2.31. The maximum Gasteiger partial charge on any atom is 0.377 e. The fourth-order valence-corrected chi connectivity index (χ4v) is 7.31. The predicted molar refractivity (Wildman–Crippen MR) is 199 cm³/mol. The van der Waals surface area contributed by atoms with Crippen molar-refractivity contribution in [1.29, 1.82) is 0 Å². The van der Waals surface area contributed by atoms with Crippen molar-refractivity contribution in [3.8, 4) is 0 Å². The zero-order valence-electron chi connectivity index (χ0n) is 29.4. The summed E-state index contributed by atoms with van der Waals surface area (Å²) in [5.74, 6) is 1.80. The zero-order valence-corrected chi connectivity index (χ0v) is 29.4. The van der Waals surface area contributed by atoms with Crippen molar-refractivity contribution in [3.63, 3.8) is 0 Å². The second kappa shape index (κ2) is 15.1. The van der Waals surface area contributed by atoms with Gasteiger partial charge in [-0.3, -0.25) is 9.97 Å². The molecule has 8 rings (SSSR count). The van der Waals surface area contributed by atoms with Crippen LogP contribution in [-0.2, 0) is 9.47 Å². The summed E-state index contributed by atoms with van der Waals surface area (Å²) in [7, 11) is -1.01. The molecule has 2 atom stereocenters. The summed E-state index contributed by atoms with van der Waals surface area (Å²) >= 11 is 0. The van der Waals surface area contributed by atoms with E-state index in [0.717, 1.165) is 122 Å². The summed E-state index contributed by atoms with van der Waals surface area (Å²) in [6.45, 7) is 15.5. The molecule has 2 saturated heterocycles. The van der Waals surface area contributed by atoms with Crippen LogP contribution < -0.4 is 9.80 Å². The van der Waals surface area contributed by atoms with Crippen LogP contribution in [0.2, 0.25) is 13.6 Å². The standard InChI is InChI=1S/2C18H23BN4O2/c1-13-10-14(16-4-3-5-23(16)19(2)24)18-15(11-13)21-17(12-20-18)22-6-8-25-9-7-22;1-13-10-14(16-4-3-5-23(16)19(2)24)18-15(11-13)20-12-17(21-18)22-6-8-25-9-7-22/h2*3-4,10-12,16,24H,5-9H2,1-2H3. The van der Waals surface area contributed by atoms with Gasteiger partial charge in [0, 0.05) is 62.5 Å². The molecular weight excluding hydrogens is 630 g/mol. The third-order valence-corrected chi connectivity index (χ3v) is 9.87. The minimum Gasteiger partial charge on any atom is -0.437 e. The first-order valence-electron chi connectivity index (χ1n) is 17.7. The highest BCUT2D eigenvalue weighted by atomic mass is 16.5. The van der Waals surface area contributed by atoms with E-state index in [0.29, 0.717) is 0 Å². The molecule has 0 spiro atoms. The van der Waals surface area contributed by atoms with Gasteiger partial charge in [-0.25, -0.2) is 9.97 Å². The van der Waals surface area contributed by atoms with Crippen LogP contribution in [0.3, 0.4) is 0 Å². The summed E-state index contributed by atoms with van der Waals surface area (Å²) in [6.07, 6.45) is 12.2. The monoisotopic (exact) mass is 676 g/mol. The van der Waals surface area contributed by atoms with Gasteiger partial charge in [0.2, 0.25) is 0 Å². The normalized spacial score (nSPS) is 21.2. The van der Waals surface area contributed by atoms with E-state index in [1.807, 2.05) is 24.0 Å². The van der Waals surface area contributed by atoms with Gasteiger partial charge in [-0.05, 0) is 50.8 Å². The third kappa shape index (κ3) is 7.27. The summed E-state index contributed by atoms with van der Waals surface area (Å²) < 4.78 is 10.9. The number of hydrogen-bond acceptors (Lipinski definition) is 12. The molecule has 0 amide bonds. The van der Waals surface area contributed by atoms with Crippen LogP contribution in [-0.4, -0.2) is 119 Å². The summed E-state index contributed by atoms with van der Waals surface area (Å²) in [4.78, 5) is 27.8. The molecule has 12 nitrogen and oxygen atoms in total. The second-order valence-corrected chi connectivity index (χ2v) is 13.5. The lowest BCUT2D eigenvalue weighted by Crippen LogP contribution is -2.37. The number of nitrogens with zero attached hydrogens (tertiary/aromatic N) is 8. The van der Waals surface area contributed by atoms with Gasteiger partial charge in [-0.1, -0.05) is 36.4 Å². The molecule has 6 heterocycles. The molecule has 2 unspecified atom stereocenters. The maximum atomic E-state index is 10.1. The van der Waals surface area contributed by atoms with E-state index in [1.54, 1.807) is 6.82 Å². The highest BCUT2D eigenvalue weighted by Crippen LogP contribution is 2.34.